The van der Waals surface area contributed by atoms with Crippen LogP contribution in [0.2, 0.25) is 0 Å². The van der Waals surface area contributed by atoms with Gasteiger partial charge in [0, 0.05) is 12.2 Å². The number of carbonyl (C=O) groups is 1. The molecule has 22 heavy (non-hydrogen) atoms. The van der Waals surface area contributed by atoms with Gasteiger partial charge in [-0.05, 0) is 29.8 Å². The predicted molar refractivity (Wildman–Crippen MR) is 82.2 cm³/mol. The molecule has 0 saturated carbocycles. The van der Waals surface area contributed by atoms with E-state index in [-0.39, 0.29) is 17.2 Å². The average molecular weight is 318 g/mol. The van der Waals surface area contributed by atoms with Gasteiger partial charge in [0.05, 0.1) is 10.6 Å². The van der Waals surface area contributed by atoms with Crippen LogP contribution < -0.4 is 10.0 Å². The molecule has 0 aliphatic heterocycles. The Morgan fingerprint density at radius 3 is 2.14 bits per heavy atom. The maximum Gasteiger partial charge on any atom is 0.178 e. The summed E-state index contributed by atoms with van der Waals surface area (Å²) in [7, 11) is -3.30. The molecular formula is C16H16NO4S-. The molecule has 0 aromatic heterocycles. The third-order valence-electron chi connectivity index (χ3n) is 3.29. The first kappa shape index (κ1) is 16.0. The smallest absolute Gasteiger partial charge is 0.178 e. The molecule has 0 atom stereocenters. The van der Waals surface area contributed by atoms with Crippen molar-refractivity contribution in [1.82, 2.24) is 0 Å². The minimum absolute atomic E-state index is 0.000558. The van der Waals surface area contributed by atoms with Gasteiger partial charge in [-0.2, -0.15) is 0 Å². The van der Waals surface area contributed by atoms with Gasteiger partial charge < -0.3 is 14.8 Å². The lowest BCUT2D eigenvalue weighted by Crippen LogP contribution is -2.40. The van der Waals surface area contributed by atoms with Crippen molar-refractivity contribution in [2.45, 2.75) is 18.4 Å². The Bertz CT molecular complexity index is 739. The fourth-order valence-electron chi connectivity index (χ4n) is 2.03. The Morgan fingerprint density at radius 1 is 1.05 bits per heavy atom. The maximum absolute atomic E-state index is 11.8. The lowest BCUT2D eigenvalue weighted by Gasteiger charge is -2.25. The van der Waals surface area contributed by atoms with Crippen LogP contribution in [-0.4, -0.2) is 20.3 Å². The molecule has 0 saturated heterocycles. The molecule has 6 heteroatoms. The summed E-state index contributed by atoms with van der Waals surface area (Å²) in [5, 5.41) is 11.3. The maximum atomic E-state index is 11.8. The first-order chi connectivity index (χ1) is 10.4. The van der Waals surface area contributed by atoms with Crippen molar-refractivity contribution >= 4 is 21.6 Å². The highest BCUT2D eigenvalue weighted by Crippen LogP contribution is 2.20. The molecule has 116 valence electrons. The van der Waals surface area contributed by atoms with Crippen LogP contribution in [0.3, 0.4) is 0 Å². The van der Waals surface area contributed by atoms with Crippen molar-refractivity contribution in [2.75, 3.05) is 10.7 Å². The molecule has 2 aromatic rings. The van der Waals surface area contributed by atoms with Crippen molar-refractivity contribution in [2.24, 2.45) is 0 Å². The molecular weight excluding hydrogens is 302 g/mol. The summed E-state index contributed by atoms with van der Waals surface area (Å²) in [5.74, 6) is 0.000558. The number of sulfone groups is 1. The van der Waals surface area contributed by atoms with E-state index >= 15 is 0 Å². The lowest BCUT2D eigenvalue weighted by atomic mass is 10.2. The normalized spacial score (nSPS) is 11.1. The molecule has 0 spiro atoms. The summed E-state index contributed by atoms with van der Waals surface area (Å²) < 4.78 is 23.5. The molecule has 0 aliphatic carbocycles. The van der Waals surface area contributed by atoms with E-state index in [0.717, 1.165) is 10.5 Å². The van der Waals surface area contributed by atoms with Crippen molar-refractivity contribution in [1.29, 1.82) is 0 Å². The molecule has 0 N–H and O–H groups in total. The summed E-state index contributed by atoms with van der Waals surface area (Å²) in [6.07, 6.45) is -1.34. The predicted octanol–water partition coefficient (Wildman–Crippen LogP) is 1.83. The van der Waals surface area contributed by atoms with Gasteiger partial charge in [-0.25, -0.2) is 8.42 Å². The summed E-state index contributed by atoms with van der Waals surface area (Å²) in [6.45, 7) is 1.70. The number of carboxylic acid groups (broad SMARTS) is 1. The highest BCUT2D eigenvalue weighted by Gasteiger charge is 2.13. The molecule has 5 nitrogen and oxygen atoms in total. The van der Waals surface area contributed by atoms with E-state index in [1.54, 1.807) is 6.92 Å². The Kier molecular flexibility index (Phi) is 4.82. The molecule has 2 rings (SSSR count). The number of amides is 1. The highest BCUT2D eigenvalue weighted by atomic mass is 32.2. The standard InChI is InChI=1S/C16H17NO4S/c1-2-22(20,21)15-10-8-14(9-11-15)17(16(18)19)12-13-6-4-3-5-7-13/h3-11H,2,12H2,1H3,(H,18,19)/p-1. The fourth-order valence-corrected chi connectivity index (χ4v) is 2.91. The van der Waals surface area contributed by atoms with E-state index < -0.39 is 15.9 Å². The van der Waals surface area contributed by atoms with Crippen LogP contribution in [0.4, 0.5) is 10.5 Å². The van der Waals surface area contributed by atoms with E-state index in [4.69, 9.17) is 0 Å². The quantitative estimate of drug-likeness (QED) is 0.842. The molecule has 0 aliphatic rings. The zero-order chi connectivity index (χ0) is 16.2. The molecule has 0 heterocycles. The van der Waals surface area contributed by atoms with E-state index in [1.165, 1.54) is 24.3 Å². The van der Waals surface area contributed by atoms with E-state index in [2.05, 4.69) is 0 Å². The molecule has 0 unspecified atom stereocenters. The van der Waals surface area contributed by atoms with Crippen molar-refractivity contribution in [3.63, 3.8) is 0 Å². The third-order valence-corrected chi connectivity index (χ3v) is 5.04. The Labute approximate surface area is 129 Å². The van der Waals surface area contributed by atoms with Crippen LogP contribution in [0.15, 0.2) is 59.5 Å². The number of benzene rings is 2. The van der Waals surface area contributed by atoms with E-state index in [1.807, 2.05) is 30.3 Å². The van der Waals surface area contributed by atoms with Gasteiger partial charge in [-0.1, -0.05) is 37.3 Å². The Balaban J connectivity index is 2.28. The topological polar surface area (TPSA) is 77.5 Å². The second-order valence-corrected chi connectivity index (χ2v) is 7.01. The third kappa shape index (κ3) is 3.65. The van der Waals surface area contributed by atoms with Crippen LogP contribution in [0.5, 0.6) is 0 Å². The number of hydrogen-bond acceptors (Lipinski definition) is 4. The zero-order valence-electron chi connectivity index (χ0n) is 12.1. The largest absolute Gasteiger partial charge is 0.530 e. The number of anilines is 1. The van der Waals surface area contributed by atoms with Crippen LogP contribution >= 0.6 is 0 Å². The minimum Gasteiger partial charge on any atom is -0.530 e. The molecule has 1 amide bonds. The zero-order valence-corrected chi connectivity index (χ0v) is 12.9. The SMILES string of the molecule is CCS(=O)(=O)c1ccc(N(Cc2ccccc2)C(=O)[O-])cc1. The van der Waals surface area contributed by atoms with Crippen molar-refractivity contribution in [3.8, 4) is 0 Å². The van der Waals surface area contributed by atoms with E-state index in [0.29, 0.717) is 5.69 Å². The van der Waals surface area contributed by atoms with Gasteiger partial charge in [0.2, 0.25) is 0 Å². The van der Waals surface area contributed by atoms with Crippen LogP contribution in [0, 0.1) is 0 Å². The molecule has 0 radical (unpaired) electrons. The molecule has 0 bridgehead atoms. The van der Waals surface area contributed by atoms with E-state index in [9.17, 15) is 18.3 Å². The minimum atomic E-state index is -3.30. The van der Waals surface area contributed by atoms with Gasteiger partial charge in [-0.3, -0.25) is 0 Å². The molecule has 2 aromatic carbocycles. The Morgan fingerprint density at radius 2 is 1.64 bits per heavy atom. The van der Waals surface area contributed by atoms with Gasteiger partial charge in [-0.15, -0.1) is 0 Å². The summed E-state index contributed by atoms with van der Waals surface area (Å²) >= 11 is 0. The number of carbonyl (C=O) groups excluding carboxylic acids is 1. The van der Waals surface area contributed by atoms with Gasteiger partial charge in [0.1, 0.15) is 6.09 Å². The summed E-state index contributed by atoms with van der Waals surface area (Å²) in [5.41, 5.74) is 1.19. The average Bonchev–Trinajstić information content (AvgIpc) is 2.53. The van der Waals surface area contributed by atoms with Crippen LogP contribution in [0.25, 0.3) is 0 Å². The summed E-state index contributed by atoms with van der Waals surface area (Å²) in [6, 6.07) is 14.9. The fraction of sp³-hybridized carbons (Fsp3) is 0.188. The summed E-state index contributed by atoms with van der Waals surface area (Å²) in [4.78, 5) is 12.6. The Hall–Kier alpha value is -2.34. The second kappa shape index (κ2) is 6.62. The number of nitrogens with zero attached hydrogens (tertiary/aromatic N) is 1. The van der Waals surface area contributed by atoms with Crippen LogP contribution in [0.1, 0.15) is 12.5 Å². The van der Waals surface area contributed by atoms with Gasteiger partial charge in [0.15, 0.2) is 9.84 Å². The second-order valence-electron chi connectivity index (χ2n) is 4.73. The van der Waals surface area contributed by atoms with Crippen molar-refractivity contribution in [3.05, 3.63) is 60.2 Å². The van der Waals surface area contributed by atoms with Crippen molar-refractivity contribution < 1.29 is 18.3 Å². The molecule has 0 fully saturated rings. The number of hydrogen-bond donors (Lipinski definition) is 0. The van der Waals surface area contributed by atoms with Gasteiger partial charge >= 0.3 is 0 Å². The monoisotopic (exact) mass is 318 g/mol. The number of rotatable bonds is 5. The van der Waals surface area contributed by atoms with Gasteiger partial charge in [0.25, 0.3) is 0 Å². The lowest BCUT2D eigenvalue weighted by molar-refractivity contribution is -0.246. The van der Waals surface area contributed by atoms with Crippen LogP contribution in [-0.2, 0) is 16.4 Å². The first-order valence-electron chi connectivity index (χ1n) is 6.79. The first-order valence-corrected chi connectivity index (χ1v) is 8.44. The highest BCUT2D eigenvalue weighted by molar-refractivity contribution is 7.91.